The van der Waals surface area contributed by atoms with Gasteiger partial charge in [-0.15, -0.1) is 0 Å². The molecule has 0 spiro atoms. The van der Waals surface area contributed by atoms with Crippen LogP contribution in [0.25, 0.3) is 0 Å². The highest BCUT2D eigenvalue weighted by molar-refractivity contribution is 7.98. The third-order valence-corrected chi connectivity index (χ3v) is 2.48. The van der Waals surface area contributed by atoms with Crippen molar-refractivity contribution < 1.29 is 4.79 Å². The van der Waals surface area contributed by atoms with Gasteiger partial charge >= 0.3 is 0 Å². The molecule has 4 heteroatoms. The molecule has 14 heavy (non-hydrogen) atoms. The Kier molecular flexibility index (Phi) is 6.66. The summed E-state index contributed by atoms with van der Waals surface area (Å²) in [5.74, 6) is 0.926. The van der Waals surface area contributed by atoms with Gasteiger partial charge in [0.05, 0.1) is 6.04 Å². The maximum Gasteiger partial charge on any atom is 0.239 e. The first-order chi connectivity index (χ1) is 6.49. The van der Waals surface area contributed by atoms with Crippen molar-refractivity contribution in [1.82, 2.24) is 4.90 Å². The van der Waals surface area contributed by atoms with Crippen LogP contribution in [0, 0.1) is 0 Å². The van der Waals surface area contributed by atoms with Gasteiger partial charge in [0.1, 0.15) is 0 Å². The molecule has 0 fully saturated rings. The van der Waals surface area contributed by atoms with Gasteiger partial charge in [-0.1, -0.05) is 12.2 Å². The van der Waals surface area contributed by atoms with E-state index in [0.717, 1.165) is 17.7 Å². The van der Waals surface area contributed by atoms with E-state index in [-0.39, 0.29) is 11.9 Å². The van der Waals surface area contributed by atoms with E-state index in [1.807, 2.05) is 13.2 Å². The average molecular weight is 216 g/mol. The lowest BCUT2D eigenvalue weighted by atomic mass is 10.2. The second-order valence-electron chi connectivity index (χ2n) is 3.54. The van der Waals surface area contributed by atoms with Crippen molar-refractivity contribution in [2.75, 3.05) is 25.6 Å². The first-order valence-corrected chi connectivity index (χ1v) is 6.02. The number of hydrogen-bond acceptors (Lipinski definition) is 3. The monoisotopic (exact) mass is 216 g/mol. The predicted molar refractivity (Wildman–Crippen MR) is 63.4 cm³/mol. The fourth-order valence-corrected chi connectivity index (χ4v) is 1.62. The van der Waals surface area contributed by atoms with E-state index < -0.39 is 0 Å². The molecule has 0 heterocycles. The van der Waals surface area contributed by atoms with Crippen molar-refractivity contribution >= 4 is 17.7 Å². The van der Waals surface area contributed by atoms with Gasteiger partial charge in [0.2, 0.25) is 5.91 Å². The van der Waals surface area contributed by atoms with Crippen LogP contribution in [0.2, 0.25) is 0 Å². The summed E-state index contributed by atoms with van der Waals surface area (Å²) in [6.07, 6.45) is 2.75. The maximum atomic E-state index is 11.6. The summed E-state index contributed by atoms with van der Waals surface area (Å²) in [5, 5.41) is 0. The number of thioether (sulfide) groups is 1. The summed E-state index contributed by atoms with van der Waals surface area (Å²) < 4.78 is 0. The molecular formula is C10H20N2OS. The Bertz CT molecular complexity index is 206. The largest absolute Gasteiger partial charge is 0.340 e. The minimum atomic E-state index is -0.369. The Balaban J connectivity index is 3.97. The molecule has 0 aliphatic rings. The zero-order valence-corrected chi connectivity index (χ0v) is 10.1. The molecule has 1 amide bonds. The van der Waals surface area contributed by atoms with Crippen LogP contribution in [0.3, 0.4) is 0 Å². The van der Waals surface area contributed by atoms with E-state index in [1.165, 1.54) is 0 Å². The van der Waals surface area contributed by atoms with Crippen molar-refractivity contribution in [1.29, 1.82) is 0 Å². The minimum Gasteiger partial charge on any atom is -0.340 e. The van der Waals surface area contributed by atoms with Crippen molar-refractivity contribution in [2.24, 2.45) is 5.73 Å². The van der Waals surface area contributed by atoms with Crippen LogP contribution in [0.5, 0.6) is 0 Å². The highest BCUT2D eigenvalue weighted by Crippen LogP contribution is 2.02. The number of amides is 1. The number of carbonyl (C=O) groups is 1. The van der Waals surface area contributed by atoms with Crippen molar-refractivity contribution in [2.45, 2.75) is 19.4 Å². The molecule has 0 bridgehead atoms. The quantitative estimate of drug-likeness (QED) is 0.676. The molecule has 0 aromatic rings. The first kappa shape index (κ1) is 13.5. The third kappa shape index (κ3) is 5.29. The molecular weight excluding hydrogens is 196 g/mol. The fraction of sp³-hybridized carbons (Fsp3) is 0.700. The van der Waals surface area contributed by atoms with E-state index in [2.05, 4.69) is 6.58 Å². The lowest BCUT2D eigenvalue weighted by Gasteiger charge is -2.21. The zero-order chi connectivity index (χ0) is 11.1. The lowest BCUT2D eigenvalue weighted by Crippen LogP contribution is -2.42. The molecule has 1 atom stereocenters. The van der Waals surface area contributed by atoms with Crippen LogP contribution in [0.4, 0.5) is 0 Å². The Morgan fingerprint density at radius 1 is 1.64 bits per heavy atom. The van der Waals surface area contributed by atoms with E-state index in [0.29, 0.717) is 6.54 Å². The molecule has 0 unspecified atom stereocenters. The summed E-state index contributed by atoms with van der Waals surface area (Å²) in [6.45, 7) is 6.25. The van der Waals surface area contributed by atoms with Gasteiger partial charge in [-0.2, -0.15) is 11.8 Å². The molecule has 3 nitrogen and oxygen atoms in total. The summed E-state index contributed by atoms with van der Waals surface area (Å²) in [4.78, 5) is 13.3. The minimum absolute atomic E-state index is 0.00190. The average Bonchev–Trinajstić information content (AvgIpc) is 2.11. The number of carbonyl (C=O) groups excluding carboxylic acids is 1. The van der Waals surface area contributed by atoms with E-state index in [9.17, 15) is 4.79 Å². The lowest BCUT2D eigenvalue weighted by molar-refractivity contribution is -0.130. The normalized spacial score (nSPS) is 12.3. The topological polar surface area (TPSA) is 46.3 Å². The molecule has 0 radical (unpaired) electrons. The van der Waals surface area contributed by atoms with E-state index in [1.54, 1.807) is 23.7 Å². The van der Waals surface area contributed by atoms with Crippen LogP contribution < -0.4 is 5.73 Å². The van der Waals surface area contributed by atoms with Crippen LogP contribution >= 0.6 is 11.8 Å². The second kappa shape index (κ2) is 6.90. The molecule has 0 saturated heterocycles. The summed E-state index contributed by atoms with van der Waals surface area (Å²) in [6, 6.07) is -0.369. The number of hydrogen-bond donors (Lipinski definition) is 1. The Morgan fingerprint density at radius 2 is 2.21 bits per heavy atom. The number of nitrogens with two attached hydrogens (primary N) is 1. The van der Waals surface area contributed by atoms with Gasteiger partial charge in [0, 0.05) is 13.6 Å². The molecule has 0 aliphatic heterocycles. The molecule has 0 rings (SSSR count). The van der Waals surface area contributed by atoms with Crippen molar-refractivity contribution in [3.8, 4) is 0 Å². The predicted octanol–water partition coefficient (Wildman–Crippen LogP) is 1.10. The summed E-state index contributed by atoms with van der Waals surface area (Å²) in [5.41, 5.74) is 6.72. The molecule has 0 saturated carbocycles. The molecule has 2 N–H and O–H groups in total. The standard InChI is InChI=1S/C10H20N2OS/c1-8(2)7-12(3)10(13)9(11)5-6-14-4/h9H,1,5-7,11H2,2-4H3/t9-/m1/s1. The molecule has 0 aliphatic carbocycles. The maximum absolute atomic E-state index is 11.6. The van der Waals surface area contributed by atoms with E-state index in [4.69, 9.17) is 5.73 Å². The zero-order valence-electron chi connectivity index (χ0n) is 9.25. The summed E-state index contributed by atoms with van der Waals surface area (Å²) >= 11 is 1.70. The Morgan fingerprint density at radius 3 is 2.64 bits per heavy atom. The van der Waals surface area contributed by atoms with Gasteiger partial charge < -0.3 is 10.6 Å². The number of nitrogens with zero attached hydrogens (tertiary/aromatic N) is 1. The van der Waals surface area contributed by atoms with Crippen LogP contribution in [0.15, 0.2) is 12.2 Å². The molecule has 82 valence electrons. The van der Waals surface area contributed by atoms with E-state index >= 15 is 0 Å². The molecule has 0 aromatic heterocycles. The SMILES string of the molecule is C=C(C)CN(C)C(=O)[C@H](N)CCSC. The second-order valence-corrected chi connectivity index (χ2v) is 4.52. The highest BCUT2D eigenvalue weighted by atomic mass is 32.2. The van der Waals surface area contributed by atoms with Crippen LogP contribution in [0.1, 0.15) is 13.3 Å². The van der Waals surface area contributed by atoms with Crippen LogP contribution in [-0.2, 0) is 4.79 Å². The number of likely N-dealkylation sites (N-methyl/N-ethyl adjacent to an activating group) is 1. The smallest absolute Gasteiger partial charge is 0.239 e. The first-order valence-electron chi connectivity index (χ1n) is 4.63. The summed E-state index contributed by atoms with van der Waals surface area (Å²) in [7, 11) is 1.76. The van der Waals surface area contributed by atoms with Crippen LogP contribution in [-0.4, -0.2) is 42.4 Å². The molecule has 0 aromatic carbocycles. The third-order valence-electron chi connectivity index (χ3n) is 1.83. The van der Waals surface area contributed by atoms with Crippen molar-refractivity contribution in [3.05, 3.63) is 12.2 Å². The van der Waals surface area contributed by atoms with Gasteiger partial charge in [0.15, 0.2) is 0 Å². The number of rotatable bonds is 6. The fourth-order valence-electron chi connectivity index (χ4n) is 1.13. The Labute approximate surface area is 90.7 Å². The van der Waals surface area contributed by atoms with Crippen molar-refractivity contribution in [3.63, 3.8) is 0 Å². The Hall–Kier alpha value is -0.480. The van der Waals surface area contributed by atoms with Gasteiger partial charge in [-0.25, -0.2) is 0 Å². The highest BCUT2D eigenvalue weighted by Gasteiger charge is 2.16. The van der Waals surface area contributed by atoms with Gasteiger partial charge in [-0.05, 0) is 25.4 Å². The van der Waals surface area contributed by atoms with Gasteiger partial charge in [0.25, 0.3) is 0 Å². The van der Waals surface area contributed by atoms with Gasteiger partial charge in [-0.3, -0.25) is 4.79 Å².